The second-order valence-electron chi connectivity index (χ2n) is 3.44. The van der Waals surface area contributed by atoms with Crippen LogP contribution in [0.4, 0.5) is 0 Å². The molecular formula is C12H19NO2. The maximum atomic E-state index is 5.48. The molecule has 2 N–H and O–H groups in total. The number of hydrogen-bond acceptors (Lipinski definition) is 3. The average Bonchev–Trinajstić information content (AvgIpc) is 2.29. The van der Waals surface area contributed by atoms with E-state index in [0.717, 1.165) is 24.9 Å². The molecule has 0 saturated carbocycles. The zero-order valence-corrected chi connectivity index (χ0v) is 9.40. The van der Waals surface area contributed by atoms with E-state index in [2.05, 4.69) is 12.1 Å². The lowest BCUT2D eigenvalue weighted by Gasteiger charge is -2.14. The van der Waals surface area contributed by atoms with Gasteiger partial charge in [-0.25, -0.2) is 0 Å². The van der Waals surface area contributed by atoms with Gasteiger partial charge in [-0.05, 0) is 24.9 Å². The Hall–Kier alpha value is -0.900. The molecule has 1 aromatic carbocycles. The Morgan fingerprint density at radius 1 is 1.27 bits per heavy atom. The Bertz CT molecular complexity index is 285. The van der Waals surface area contributed by atoms with E-state index in [1.807, 2.05) is 12.1 Å². The van der Waals surface area contributed by atoms with Crippen LogP contribution < -0.4 is 5.73 Å². The summed E-state index contributed by atoms with van der Waals surface area (Å²) in [4.78, 5) is 0. The molecule has 3 nitrogen and oxygen atoms in total. The molecule has 0 fully saturated rings. The van der Waals surface area contributed by atoms with E-state index < -0.39 is 0 Å². The third-order valence-corrected chi connectivity index (χ3v) is 2.32. The number of hydrogen-bond donors (Lipinski definition) is 1. The molecule has 0 spiro atoms. The quantitative estimate of drug-likeness (QED) is 0.727. The fourth-order valence-electron chi connectivity index (χ4n) is 1.57. The van der Waals surface area contributed by atoms with Gasteiger partial charge in [0.15, 0.2) is 6.29 Å². The Morgan fingerprint density at radius 3 is 2.60 bits per heavy atom. The molecule has 0 aliphatic heterocycles. The third kappa shape index (κ3) is 3.63. The van der Waals surface area contributed by atoms with Crippen molar-refractivity contribution in [1.29, 1.82) is 0 Å². The van der Waals surface area contributed by atoms with Gasteiger partial charge < -0.3 is 15.2 Å². The molecule has 15 heavy (non-hydrogen) atoms. The number of aryl methyl sites for hydroxylation is 1. The van der Waals surface area contributed by atoms with Crippen molar-refractivity contribution >= 4 is 0 Å². The lowest BCUT2D eigenvalue weighted by atomic mass is 10.1. The Labute approximate surface area is 91.2 Å². The van der Waals surface area contributed by atoms with Crippen LogP contribution in [-0.2, 0) is 15.9 Å². The molecule has 0 heterocycles. The molecule has 0 aliphatic carbocycles. The van der Waals surface area contributed by atoms with E-state index in [4.69, 9.17) is 15.2 Å². The molecule has 0 aliphatic rings. The van der Waals surface area contributed by atoms with Crippen LogP contribution in [-0.4, -0.2) is 20.8 Å². The second-order valence-corrected chi connectivity index (χ2v) is 3.44. The van der Waals surface area contributed by atoms with Crippen LogP contribution in [0.2, 0.25) is 0 Å². The first-order chi connectivity index (χ1) is 7.31. The van der Waals surface area contributed by atoms with Crippen LogP contribution >= 0.6 is 0 Å². The topological polar surface area (TPSA) is 44.5 Å². The predicted molar refractivity (Wildman–Crippen MR) is 60.6 cm³/mol. The largest absolute Gasteiger partial charge is 0.352 e. The molecule has 0 atom stereocenters. The van der Waals surface area contributed by atoms with Gasteiger partial charge in [-0.15, -0.1) is 0 Å². The molecule has 84 valence electrons. The van der Waals surface area contributed by atoms with E-state index in [-0.39, 0.29) is 6.29 Å². The first kappa shape index (κ1) is 12.2. The molecule has 1 aromatic rings. The lowest BCUT2D eigenvalue weighted by Crippen LogP contribution is -2.05. The van der Waals surface area contributed by atoms with Crippen molar-refractivity contribution in [3.63, 3.8) is 0 Å². The number of benzene rings is 1. The van der Waals surface area contributed by atoms with Crippen molar-refractivity contribution < 1.29 is 9.47 Å². The van der Waals surface area contributed by atoms with Crippen molar-refractivity contribution in [2.45, 2.75) is 19.1 Å². The smallest absolute Gasteiger partial charge is 0.183 e. The van der Waals surface area contributed by atoms with Gasteiger partial charge >= 0.3 is 0 Å². The van der Waals surface area contributed by atoms with Gasteiger partial charge in [0.25, 0.3) is 0 Å². The van der Waals surface area contributed by atoms with Crippen LogP contribution in [0.3, 0.4) is 0 Å². The summed E-state index contributed by atoms with van der Waals surface area (Å²) in [6.45, 7) is 0.724. The molecule has 3 heteroatoms. The van der Waals surface area contributed by atoms with E-state index >= 15 is 0 Å². The van der Waals surface area contributed by atoms with Gasteiger partial charge in [-0.2, -0.15) is 0 Å². The standard InChI is InChI=1S/C12H19NO2/c1-14-12(15-2)11-7-3-5-10(9-11)6-4-8-13/h3,5,7,9,12H,4,6,8,13H2,1-2H3. The zero-order chi connectivity index (χ0) is 11.1. The van der Waals surface area contributed by atoms with Gasteiger partial charge in [0.05, 0.1) is 0 Å². The highest BCUT2D eigenvalue weighted by atomic mass is 16.7. The highest BCUT2D eigenvalue weighted by Gasteiger charge is 2.08. The zero-order valence-electron chi connectivity index (χ0n) is 9.40. The molecule has 0 radical (unpaired) electrons. The summed E-state index contributed by atoms with van der Waals surface area (Å²) in [6.07, 6.45) is 1.74. The van der Waals surface area contributed by atoms with Crippen LogP contribution in [0.25, 0.3) is 0 Å². The summed E-state index contributed by atoms with van der Waals surface area (Å²) in [7, 11) is 3.28. The lowest BCUT2D eigenvalue weighted by molar-refractivity contribution is -0.106. The Morgan fingerprint density at radius 2 is 2.00 bits per heavy atom. The number of methoxy groups -OCH3 is 2. The first-order valence-corrected chi connectivity index (χ1v) is 5.16. The molecule has 0 bridgehead atoms. The summed E-state index contributed by atoms with van der Waals surface area (Å²) >= 11 is 0. The SMILES string of the molecule is COC(OC)c1cccc(CCCN)c1. The summed E-state index contributed by atoms with van der Waals surface area (Å²) in [5.41, 5.74) is 7.80. The van der Waals surface area contributed by atoms with Crippen LogP contribution in [0.1, 0.15) is 23.8 Å². The number of nitrogens with two attached hydrogens (primary N) is 1. The molecular weight excluding hydrogens is 190 g/mol. The van der Waals surface area contributed by atoms with Crippen molar-refractivity contribution in [3.8, 4) is 0 Å². The molecule has 0 unspecified atom stereocenters. The van der Waals surface area contributed by atoms with Gasteiger partial charge in [-0.1, -0.05) is 24.3 Å². The second kappa shape index (κ2) is 6.56. The molecule has 1 rings (SSSR count). The van der Waals surface area contributed by atoms with E-state index in [9.17, 15) is 0 Å². The highest BCUT2D eigenvalue weighted by molar-refractivity contribution is 5.24. The third-order valence-electron chi connectivity index (χ3n) is 2.32. The maximum Gasteiger partial charge on any atom is 0.183 e. The highest BCUT2D eigenvalue weighted by Crippen LogP contribution is 2.18. The van der Waals surface area contributed by atoms with Gasteiger partial charge in [0.1, 0.15) is 0 Å². The monoisotopic (exact) mass is 209 g/mol. The van der Waals surface area contributed by atoms with Crippen molar-refractivity contribution in [3.05, 3.63) is 35.4 Å². The van der Waals surface area contributed by atoms with E-state index in [1.54, 1.807) is 14.2 Å². The minimum absolute atomic E-state index is 0.275. The Balaban J connectivity index is 2.72. The average molecular weight is 209 g/mol. The number of rotatable bonds is 6. The normalized spacial score (nSPS) is 10.9. The van der Waals surface area contributed by atoms with E-state index in [1.165, 1.54) is 5.56 Å². The first-order valence-electron chi connectivity index (χ1n) is 5.16. The molecule has 0 amide bonds. The van der Waals surface area contributed by atoms with Crippen LogP contribution in [0.15, 0.2) is 24.3 Å². The van der Waals surface area contributed by atoms with Crippen molar-refractivity contribution in [2.24, 2.45) is 5.73 Å². The fraction of sp³-hybridized carbons (Fsp3) is 0.500. The van der Waals surface area contributed by atoms with E-state index in [0.29, 0.717) is 0 Å². The minimum Gasteiger partial charge on any atom is -0.352 e. The molecule has 0 aromatic heterocycles. The summed E-state index contributed by atoms with van der Waals surface area (Å²) in [6, 6.07) is 8.23. The maximum absolute atomic E-state index is 5.48. The fourth-order valence-corrected chi connectivity index (χ4v) is 1.57. The summed E-state index contributed by atoms with van der Waals surface area (Å²) in [5.74, 6) is 0. The summed E-state index contributed by atoms with van der Waals surface area (Å²) < 4.78 is 10.4. The predicted octanol–water partition coefficient (Wildman–Crippen LogP) is 1.87. The Kier molecular flexibility index (Phi) is 5.32. The van der Waals surface area contributed by atoms with Crippen LogP contribution in [0.5, 0.6) is 0 Å². The van der Waals surface area contributed by atoms with Crippen molar-refractivity contribution in [2.75, 3.05) is 20.8 Å². The molecule has 0 saturated heterocycles. The van der Waals surface area contributed by atoms with Gasteiger partial charge in [-0.3, -0.25) is 0 Å². The number of ether oxygens (including phenoxy) is 2. The van der Waals surface area contributed by atoms with Crippen molar-refractivity contribution in [1.82, 2.24) is 0 Å². The van der Waals surface area contributed by atoms with Gasteiger partial charge in [0, 0.05) is 19.8 Å². The summed E-state index contributed by atoms with van der Waals surface area (Å²) in [5, 5.41) is 0. The minimum atomic E-state index is -0.275. The van der Waals surface area contributed by atoms with Gasteiger partial charge in [0.2, 0.25) is 0 Å². The van der Waals surface area contributed by atoms with Crippen LogP contribution in [0, 0.1) is 0 Å².